The topological polar surface area (TPSA) is 41.8 Å². The first-order valence-corrected chi connectivity index (χ1v) is 4.23. The maximum absolute atomic E-state index is 8.54. The van der Waals surface area contributed by atoms with Crippen LogP contribution in [0, 0.1) is 0 Å². The molecule has 0 atom stereocenters. The zero-order valence-corrected chi connectivity index (χ0v) is 7.89. The molecular weight excluding hydrogens is 210 g/mol. The fourth-order valence-electron chi connectivity index (χ4n) is 1.08. The van der Waals surface area contributed by atoms with Crippen molar-refractivity contribution < 1.29 is 9.94 Å². The van der Waals surface area contributed by atoms with Crippen molar-refractivity contribution in [3.05, 3.63) is 10.2 Å². The predicted molar refractivity (Wildman–Crippen MR) is 46.0 cm³/mol. The summed E-state index contributed by atoms with van der Waals surface area (Å²) in [5, 5.41) is 11.7. The quantitative estimate of drug-likeness (QED) is 0.543. The van der Waals surface area contributed by atoms with E-state index in [9.17, 15) is 0 Å². The van der Waals surface area contributed by atoms with Crippen molar-refractivity contribution in [3.63, 3.8) is 0 Å². The average molecular weight is 220 g/mol. The van der Waals surface area contributed by atoms with Crippen LogP contribution in [0.25, 0.3) is 0 Å². The van der Waals surface area contributed by atoms with Crippen LogP contribution >= 0.6 is 15.9 Å². The van der Waals surface area contributed by atoms with Gasteiger partial charge in [0.25, 0.3) is 0 Å². The molecule has 1 rings (SSSR count). The molecule has 1 aliphatic rings. The third-order valence-electron chi connectivity index (χ3n) is 1.68. The number of hydrogen-bond donors (Lipinski definition) is 1. The molecule has 4 heteroatoms. The molecule has 0 radical (unpaired) electrons. The zero-order valence-electron chi connectivity index (χ0n) is 6.30. The van der Waals surface area contributed by atoms with E-state index in [4.69, 9.17) is 9.94 Å². The Morgan fingerprint density at radius 3 is 2.82 bits per heavy atom. The minimum atomic E-state index is 0.674. The summed E-state index contributed by atoms with van der Waals surface area (Å²) in [5.74, 6) is 0.865. The highest BCUT2D eigenvalue weighted by atomic mass is 79.9. The van der Waals surface area contributed by atoms with E-state index >= 15 is 0 Å². The summed E-state index contributed by atoms with van der Waals surface area (Å²) in [7, 11) is 1.62. The van der Waals surface area contributed by atoms with E-state index in [0.29, 0.717) is 5.71 Å². The Bertz CT molecular complexity index is 210. The van der Waals surface area contributed by atoms with E-state index in [0.717, 1.165) is 29.5 Å². The Morgan fingerprint density at radius 1 is 1.55 bits per heavy atom. The Labute approximate surface area is 73.9 Å². The van der Waals surface area contributed by atoms with Crippen LogP contribution in [0.4, 0.5) is 0 Å². The lowest BCUT2D eigenvalue weighted by Gasteiger charge is -2.15. The largest absolute Gasteiger partial charge is 0.500 e. The van der Waals surface area contributed by atoms with Crippen molar-refractivity contribution in [3.8, 4) is 0 Å². The van der Waals surface area contributed by atoms with Crippen molar-refractivity contribution in [2.75, 3.05) is 7.11 Å². The molecule has 0 aliphatic heterocycles. The second kappa shape index (κ2) is 3.76. The lowest BCUT2D eigenvalue weighted by atomic mass is 10.0. The number of nitrogens with zero attached hydrogens (tertiary/aromatic N) is 1. The molecule has 0 fully saturated rings. The summed E-state index contributed by atoms with van der Waals surface area (Å²) in [5.41, 5.74) is 0.674. The highest BCUT2D eigenvalue weighted by Gasteiger charge is 2.17. The maximum Gasteiger partial charge on any atom is 0.112 e. The van der Waals surface area contributed by atoms with E-state index in [-0.39, 0.29) is 0 Å². The van der Waals surface area contributed by atoms with Gasteiger partial charge in [0, 0.05) is 6.42 Å². The van der Waals surface area contributed by atoms with Gasteiger partial charge >= 0.3 is 0 Å². The summed E-state index contributed by atoms with van der Waals surface area (Å²) >= 11 is 3.31. The van der Waals surface area contributed by atoms with Crippen LogP contribution in [-0.2, 0) is 4.74 Å². The van der Waals surface area contributed by atoms with Crippen LogP contribution < -0.4 is 0 Å². The normalized spacial score (nSPS) is 22.5. The smallest absolute Gasteiger partial charge is 0.112 e. The van der Waals surface area contributed by atoms with Gasteiger partial charge < -0.3 is 9.94 Å². The zero-order chi connectivity index (χ0) is 8.27. The first-order chi connectivity index (χ1) is 5.29. The fourth-order valence-corrected chi connectivity index (χ4v) is 1.72. The van der Waals surface area contributed by atoms with Gasteiger partial charge in [-0.1, -0.05) is 5.16 Å². The van der Waals surface area contributed by atoms with Crippen molar-refractivity contribution in [2.45, 2.75) is 19.3 Å². The number of hydrogen-bond acceptors (Lipinski definition) is 3. The molecule has 11 heavy (non-hydrogen) atoms. The van der Waals surface area contributed by atoms with Gasteiger partial charge in [-0.25, -0.2) is 0 Å². The Kier molecular flexibility index (Phi) is 2.93. The van der Waals surface area contributed by atoms with Crippen LogP contribution in [0.1, 0.15) is 19.3 Å². The van der Waals surface area contributed by atoms with Crippen LogP contribution in [0.15, 0.2) is 15.4 Å². The van der Waals surface area contributed by atoms with Crippen molar-refractivity contribution in [1.29, 1.82) is 0 Å². The number of halogens is 1. The monoisotopic (exact) mass is 219 g/mol. The number of methoxy groups -OCH3 is 1. The van der Waals surface area contributed by atoms with Gasteiger partial charge in [0.2, 0.25) is 0 Å². The molecule has 0 bridgehead atoms. The Hall–Kier alpha value is -0.510. The third-order valence-corrected chi connectivity index (χ3v) is 2.58. The van der Waals surface area contributed by atoms with Crippen LogP contribution in [0.3, 0.4) is 0 Å². The average Bonchev–Trinajstić information content (AvgIpc) is 2.05. The molecule has 62 valence electrons. The summed E-state index contributed by atoms with van der Waals surface area (Å²) in [4.78, 5) is 0. The van der Waals surface area contributed by atoms with Crippen LogP contribution in [0.2, 0.25) is 0 Å². The molecular formula is C7H10BrNO2. The molecule has 1 N–H and O–H groups in total. The Balaban J connectivity index is 2.89. The van der Waals surface area contributed by atoms with Crippen LogP contribution in [-0.4, -0.2) is 18.0 Å². The lowest BCUT2D eigenvalue weighted by Crippen LogP contribution is -2.08. The second-order valence-corrected chi connectivity index (χ2v) is 3.13. The minimum absolute atomic E-state index is 0.674. The predicted octanol–water partition coefficient (Wildman–Crippen LogP) is 2.25. The van der Waals surface area contributed by atoms with Gasteiger partial charge in [-0.05, 0) is 28.8 Å². The molecule has 0 aromatic carbocycles. The fraction of sp³-hybridized carbons (Fsp3) is 0.571. The van der Waals surface area contributed by atoms with Gasteiger partial charge in [-0.2, -0.15) is 0 Å². The number of oxime groups is 1. The van der Waals surface area contributed by atoms with E-state index in [2.05, 4.69) is 21.1 Å². The van der Waals surface area contributed by atoms with Crippen LogP contribution in [0.5, 0.6) is 0 Å². The van der Waals surface area contributed by atoms with Gasteiger partial charge in [0.05, 0.1) is 17.3 Å². The van der Waals surface area contributed by atoms with E-state index < -0.39 is 0 Å². The first kappa shape index (κ1) is 8.59. The van der Waals surface area contributed by atoms with E-state index in [1.807, 2.05) is 0 Å². The summed E-state index contributed by atoms with van der Waals surface area (Å²) in [6.45, 7) is 0. The van der Waals surface area contributed by atoms with Gasteiger partial charge in [0.1, 0.15) is 5.76 Å². The van der Waals surface area contributed by atoms with Gasteiger partial charge in [0.15, 0.2) is 0 Å². The molecule has 0 saturated carbocycles. The summed E-state index contributed by atoms with van der Waals surface area (Å²) in [6, 6.07) is 0. The number of rotatable bonds is 1. The van der Waals surface area contributed by atoms with E-state index in [1.54, 1.807) is 7.11 Å². The highest BCUT2D eigenvalue weighted by Crippen LogP contribution is 2.27. The lowest BCUT2D eigenvalue weighted by molar-refractivity contribution is 0.271. The SMILES string of the molecule is COC1=C(Br)C(=NO)CCC1. The molecule has 0 aromatic heterocycles. The Morgan fingerprint density at radius 2 is 2.27 bits per heavy atom. The first-order valence-electron chi connectivity index (χ1n) is 3.43. The minimum Gasteiger partial charge on any atom is -0.500 e. The van der Waals surface area contributed by atoms with Gasteiger partial charge in [-0.15, -0.1) is 0 Å². The summed E-state index contributed by atoms with van der Waals surface area (Å²) < 4.78 is 5.88. The van der Waals surface area contributed by atoms with Crippen molar-refractivity contribution in [2.24, 2.45) is 5.16 Å². The van der Waals surface area contributed by atoms with Crippen molar-refractivity contribution in [1.82, 2.24) is 0 Å². The molecule has 3 nitrogen and oxygen atoms in total. The van der Waals surface area contributed by atoms with Crippen molar-refractivity contribution >= 4 is 21.6 Å². The highest BCUT2D eigenvalue weighted by molar-refractivity contribution is 9.12. The summed E-state index contributed by atoms with van der Waals surface area (Å²) in [6.07, 6.45) is 2.71. The molecule has 0 heterocycles. The number of allylic oxidation sites excluding steroid dienone is 2. The van der Waals surface area contributed by atoms with Gasteiger partial charge in [-0.3, -0.25) is 0 Å². The molecule has 0 unspecified atom stereocenters. The molecule has 0 saturated heterocycles. The molecule has 0 amide bonds. The number of ether oxygens (including phenoxy) is 1. The van der Waals surface area contributed by atoms with E-state index in [1.165, 1.54) is 0 Å². The maximum atomic E-state index is 8.54. The molecule has 1 aliphatic carbocycles. The molecule has 0 spiro atoms. The standard InChI is InChI=1S/C7H10BrNO2/c1-11-6-4-2-3-5(9-10)7(6)8/h10H,2-4H2,1H3. The third kappa shape index (κ3) is 1.74. The molecule has 0 aromatic rings. The second-order valence-electron chi connectivity index (χ2n) is 2.34.